The van der Waals surface area contributed by atoms with Crippen LogP contribution < -0.4 is 10.9 Å². The molecule has 1 fully saturated rings. The standard InChI is InChI=1S/C10H15N3O3S/c14-10-8-5-17(15,16)6-9(8)12-13(10)7-1-3-11-4-2-7/h7,11-12H,1-6H2. The highest BCUT2D eigenvalue weighted by atomic mass is 32.2. The summed E-state index contributed by atoms with van der Waals surface area (Å²) in [6, 6.07) is 0.178. The third kappa shape index (κ3) is 1.83. The third-order valence-corrected chi connectivity index (χ3v) is 4.96. The van der Waals surface area contributed by atoms with Crippen molar-refractivity contribution in [2.45, 2.75) is 30.4 Å². The van der Waals surface area contributed by atoms with E-state index in [1.165, 1.54) is 0 Å². The summed E-state index contributed by atoms with van der Waals surface area (Å²) in [4.78, 5) is 12.1. The number of aromatic nitrogens is 2. The normalized spacial score (nSPS) is 23.8. The van der Waals surface area contributed by atoms with Gasteiger partial charge in [-0.2, -0.15) is 0 Å². The summed E-state index contributed by atoms with van der Waals surface area (Å²) >= 11 is 0. The van der Waals surface area contributed by atoms with Crippen molar-refractivity contribution in [2.24, 2.45) is 0 Å². The maximum Gasteiger partial charge on any atom is 0.271 e. The Bertz CT molecular complexity index is 593. The van der Waals surface area contributed by atoms with Gasteiger partial charge in [-0.1, -0.05) is 0 Å². The molecule has 17 heavy (non-hydrogen) atoms. The van der Waals surface area contributed by atoms with Gasteiger partial charge >= 0.3 is 0 Å². The van der Waals surface area contributed by atoms with Gasteiger partial charge in [-0.05, 0) is 25.9 Å². The predicted molar refractivity (Wildman–Crippen MR) is 62.5 cm³/mol. The molecule has 6 nitrogen and oxygen atoms in total. The highest BCUT2D eigenvalue weighted by molar-refractivity contribution is 7.90. The first kappa shape index (κ1) is 11.0. The lowest BCUT2D eigenvalue weighted by Gasteiger charge is -2.23. The largest absolute Gasteiger partial charge is 0.317 e. The zero-order valence-electron chi connectivity index (χ0n) is 9.40. The zero-order valence-corrected chi connectivity index (χ0v) is 10.2. The van der Waals surface area contributed by atoms with Crippen molar-refractivity contribution in [1.82, 2.24) is 15.1 Å². The maximum absolute atomic E-state index is 12.1. The number of aromatic amines is 1. The van der Waals surface area contributed by atoms with Crippen LogP contribution in [0.25, 0.3) is 0 Å². The summed E-state index contributed by atoms with van der Waals surface area (Å²) in [6.45, 7) is 1.80. The predicted octanol–water partition coefficient (Wildman–Crippen LogP) is -0.471. The van der Waals surface area contributed by atoms with E-state index >= 15 is 0 Å². The van der Waals surface area contributed by atoms with Crippen molar-refractivity contribution in [2.75, 3.05) is 13.1 Å². The van der Waals surface area contributed by atoms with Crippen LogP contribution in [0.1, 0.15) is 30.1 Å². The smallest absolute Gasteiger partial charge is 0.271 e. The van der Waals surface area contributed by atoms with Crippen molar-refractivity contribution in [3.8, 4) is 0 Å². The minimum atomic E-state index is -3.09. The Hall–Kier alpha value is -1.08. The van der Waals surface area contributed by atoms with Crippen LogP contribution in [0.15, 0.2) is 4.79 Å². The Balaban J connectivity index is 1.97. The van der Waals surface area contributed by atoms with Crippen LogP contribution in [0.2, 0.25) is 0 Å². The molecule has 0 bridgehead atoms. The Kier molecular flexibility index (Phi) is 2.41. The van der Waals surface area contributed by atoms with Gasteiger partial charge < -0.3 is 5.32 Å². The molecule has 0 spiro atoms. The first-order chi connectivity index (χ1) is 8.07. The minimum absolute atomic E-state index is 0.0183. The number of nitrogens with zero attached hydrogens (tertiary/aromatic N) is 1. The molecular weight excluding hydrogens is 242 g/mol. The lowest BCUT2D eigenvalue weighted by atomic mass is 10.1. The van der Waals surface area contributed by atoms with Gasteiger partial charge in [0, 0.05) is 0 Å². The van der Waals surface area contributed by atoms with Crippen LogP contribution in [0.3, 0.4) is 0 Å². The van der Waals surface area contributed by atoms with E-state index in [9.17, 15) is 13.2 Å². The van der Waals surface area contributed by atoms with Crippen LogP contribution in [-0.4, -0.2) is 31.3 Å². The van der Waals surface area contributed by atoms with Gasteiger partial charge in [0.2, 0.25) is 0 Å². The first-order valence-electron chi connectivity index (χ1n) is 5.80. The van der Waals surface area contributed by atoms with E-state index in [2.05, 4.69) is 10.4 Å². The third-order valence-electron chi connectivity index (χ3n) is 3.50. The second-order valence-corrected chi connectivity index (χ2v) is 6.82. The van der Waals surface area contributed by atoms with Gasteiger partial charge in [0.15, 0.2) is 9.84 Å². The number of sulfone groups is 1. The van der Waals surface area contributed by atoms with Crippen molar-refractivity contribution in [3.63, 3.8) is 0 Å². The molecule has 1 aromatic heterocycles. The molecule has 0 saturated carbocycles. The average Bonchev–Trinajstić information content (AvgIpc) is 2.75. The quantitative estimate of drug-likeness (QED) is 0.712. The Morgan fingerprint density at radius 1 is 1.18 bits per heavy atom. The van der Waals surface area contributed by atoms with Crippen molar-refractivity contribution in [3.05, 3.63) is 21.6 Å². The van der Waals surface area contributed by atoms with Crippen molar-refractivity contribution < 1.29 is 8.42 Å². The lowest BCUT2D eigenvalue weighted by Crippen LogP contribution is -2.34. The van der Waals surface area contributed by atoms with E-state index < -0.39 is 9.84 Å². The molecule has 1 aromatic rings. The summed E-state index contributed by atoms with van der Waals surface area (Å²) in [5.41, 5.74) is 0.894. The van der Waals surface area contributed by atoms with Gasteiger partial charge in [0.25, 0.3) is 5.56 Å². The number of hydrogen-bond donors (Lipinski definition) is 2. The Labute approximate surface area is 98.9 Å². The fourth-order valence-electron chi connectivity index (χ4n) is 2.62. The second-order valence-electron chi connectivity index (χ2n) is 4.76. The molecule has 2 aliphatic heterocycles. The summed E-state index contributed by atoms with van der Waals surface area (Å²) in [5.74, 6) is -0.120. The number of hydrogen-bond acceptors (Lipinski definition) is 4. The van der Waals surface area contributed by atoms with Crippen LogP contribution in [-0.2, 0) is 21.3 Å². The second kappa shape index (κ2) is 3.71. The topological polar surface area (TPSA) is 84.0 Å². The Morgan fingerprint density at radius 3 is 2.53 bits per heavy atom. The molecule has 3 heterocycles. The summed E-state index contributed by atoms with van der Waals surface area (Å²) in [6.07, 6.45) is 1.82. The fourth-order valence-corrected chi connectivity index (χ4v) is 4.14. The maximum atomic E-state index is 12.1. The molecule has 2 aliphatic rings. The molecule has 0 aromatic carbocycles. The van der Waals surface area contributed by atoms with Gasteiger partial charge in [0.1, 0.15) is 0 Å². The number of nitrogens with one attached hydrogen (secondary N) is 2. The number of H-pyrrole nitrogens is 1. The summed E-state index contributed by atoms with van der Waals surface area (Å²) < 4.78 is 24.4. The summed E-state index contributed by atoms with van der Waals surface area (Å²) in [7, 11) is -3.09. The molecule has 2 N–H and O–H groups in total. The fraction of sp³-hybridized carbons (Fsp3) is 0.700. The molecule has 1 saturated heterocycles. The van der Waals surface area contributed by atoms with E-state index in [1.807, 2.05) is 0 Å². The van der Waals surface area contributed by atoms with Crippen LogP contribution in [0, 0.1) is 0 Å². The highest BCUT2D eigenvalue weighted by Gasteiger charge is 2.32. The van der Waals surface area contributed by atoms with Crippen LogP contribution >= 0.6 is 0 Å². The Morgan fingerprint density at radius 2 is 1.88 bits per heavy atom. The number of rotatable bonds is 1. The molecule has 0 aliphatic carbocycles. The first-order valence-corrected chi connectivity index (χ1v) is 7.62. The number of piperidine rings is 1. The van der Waals surface area contributed by atoms with Crippen LogP contribution in [0.5, 0.6) is 0 Å². The van der Waals surface area contributed by atoms with E-state index in [0.717, 1.165) is 25.9 Å². The lowest BCUT2D eigenvalue weighted by molar-refractivity contribution is 0.335. The van der Waals surface area contributed by atoms with Gasteiger partial charge in [0.05, 0.1) is 28.8 Å². The monoisotopic (exact) mass is 257 g/mol. The van der Waals surface area contributed by atoms with Gasteiger partial charge in [-0.3, -0.25) is 9.89 Å². The average molecular weight is 257 g/mol. The molecule has 0 atom stereocenters. The van der Waals surface area contributed by atoms with Crippen LogP contribution in [0.4, 0.5) is 0 Å². The summed E-state index contributed by atoms with van der Waals surface area (Å²) in [5, 5.41) is 6.23. The highest BCUT2D eigenvalue weighted by Crippen LogP contribution is 2.23. The molecule has 0 radical (unpaired) electrons. The molecule has 0 amide bonds. The van der Waals surface area contributed by atoms with E-state index in [0.29, 0.717) is 11.3 Å². The molecule has 0 unspecified atom stereocenters. The van der Waals surface area contributed by atoms with Crippen molar-refractivity contribution >= 4 is 9.84 Å². The minimum Gasteiger partial charge on any atom is -0.317 e. The van der Waals surface area contributed by atoms with E-state index in [4.69, 9.17) is 0 Å². The molecule has 94 valence electrons. The van der Waals surface area contributed by atoms with E-state index in [1.54, 1.807) is 4.68 Å². The SMILES string of the molecule is O=c1c2c([nH]n1C1CCNCC1)CS(=O)(=O)C2. The zero-order chi connectivity index (χ0) is 12.0. The molecular formula is C10H15N3O3S. The van der Waals surface area contributed by atoms with Gasteiger partial charge in [-0.15, -0.1) is 0 Å². The van der Waals surface area contributed by atoms with Crippen molar-refractivity contribution in [1.29, 1.82) is 0 Å². The number of fused-ring (bicyclic) bond motifs is 1. The molecule has 3 rings (SSSR count). The van der Waals surface area contributed by atoms with Gasteiger partial charge in [-0.25, -0.2) is 13.1 Å². The van der Waals surface area contributed by atoms with E-state index in [-0.39, 0.29) is 23.1 Å². The molecule has 7 heteroatoms.